The summed E-state index contributed by atoms with van der Waals surface area (Å²) < 4.78 is 11.7. The van der Waals surface area contributed by atoms with Gasteiger partial charge in [0.2, 0.25) is 5.91 Å². The largest absolute Gasteiger partial charge is 0.489 e. The molecule has 190 valence electrons. The van der Waals surface area contributed by atoms with Crippen LogP contribution in [0.5, 0.6) is 5.75 Å². The molecule has 2 amide bonds. The highest BCUT2D eigenvalue weighted by atomic mass is 16.6. The standard InChI is InChI=1S/C30H36N2O4/c1-22(2)28(33)31-26-15-9-14-25(17-26)21-35-27-16-10-13-24(18-27)20-32(29(34)36-30(3,4)5)19-23-11-7-6-8-12-23/h6-18,22H,19-21H2,1-5H3,(H,31,33). The maximum absolute atomic E-state index is 13.0. The molecule has 3 rings (SSSR count). The molecule has 0 fully saturated rings. The molecule has 0 bridgehead atoms. The van der Waals surface area contributed by atoms with Crippen LogP contribution in [0.1, 0.15) is 51.3 Å². The number of anilines is 1. The lowest BCUT2D eigenvalue weighted by atomic mass is 10.1. The average Bonchev–Trinajstić information content (AvgIpc) is 2.82. The van der Waals surface area contributed by atoms with E-state index >= 15 is 0 Å². The van der Waals surface area contributed by atoms with Gasteiger partial charge in [0.05, 0.1) is 0 Å². The van der Waals surface area contributed by atoms with Gasteiger partial charge in [0, 0.05) is 24.7 Å². The Morgan fingerprint density at radius 2 is 1.47 bits per heavy atom. The number of nitrogens with zero attached hydrogens (tertiary/aromatic N) is 1. The molecule has 0 aliphatic heterocycles. The molecule has 0 aliphatic carbocycles. The quantitative estimate of drug-likeness (QED) is 0.360. The van der Waals surface area contributed by atoms with Crippen LogP contribution >= 0.6 is 0 Å². The predicted octanol–water partition coefficient (Wildman–Crippen LogP) is 6.80. The molecule has 1 N–H and O–H groups in total. The first-order chi connectivity index (χ1) is 17.1. The molecule has 0 radical (unpaired) electrons. The normalized spacial score (nSPS) is 11.2. The Morgan fingerprint density at radius 3 is 2.17 bits per heavy atom. The van der Waals surface area contributed by atoms with Gasteiger partial charge < -0.3 is 14.8 Å². The van der Waals surface area contributed by atoms with E-state index in [1.807, 2.05) is 113 Å². The summed E-state index contributed by atoms with van der Waals surface area (Å²) in [6, 6.07) is 25.2. The van der Waals surface area contributed by atoms with Crippen LogP contribution in [0.4, 0.5) is 10.5 Å². The van der Waals surface area contributed by atoms with Crippen molar-refractivity contribution in [2.45, 2.75) is 59.9 Å². The highest BCUT2D eigenvalue weighted by Gasteiger charge is 2.22. The van der Waals surface area contributed by atoms with Crippen molar-refractivity contribution in [1.82, 2.24) is 4.90 Å². The van der Waals surface area contributed by atoms with Crippen LogP contribution in [-0.2, 0) is 29.2 Å². The minimum atomic E-state index is -0.583. The molecular formula is C30H36N2O4. The number of benzene rings is 3. The van der Waals surface area contributed by atoms with Gasteiger partial charge in [-0.25, -0.2) is 4.79 Å². The molecule has 6 heteroatoms. The second-order valence-corrected chi connectivity index (χ2v) is 10.1. The predicted molar refractivity (Wildman–Crippen MR) is 143 cm³/mol. The lowest BCUT2D eigenvalue weighted by Crippen LogP contribution is -2.36. The fraction of sp³-hybridized carbons (Fsp3) is 0.333. The molecule has 0 aromatic heterocycles. The van der Waals surface area contributed by atoms with Crippen LogP contribution < -0.4 is 10.1 Å². The summed E-state index contributed by atoms with van der Waals surface area (Å²) in [6.45, 7) is 10.5. The highest BCUT2D eigenvalue weighted by Crippen LogP contribution is 2.21. The molecule has 0 atom stereocenters. The van der Waals surface area contributed by atoms with Gasteiger partial charge in [-0.05, 0) is 61.7 Å². The van der Waals surface area contributed by atoms with Crippen LogP contribution in [0, 0.1) is 5.92 Å². The van der Waals surface area contributed by atoms with E-state index in [2.05, 4.69) is 5.32 Å². The molecule has 6 nitrogen and oxygen atoms in total. The van der Waals surface area contributed by atoms with Crippen LogP contribution in [0.2, 0.25) is 0 Å². The van der Waals surface area contributed by atoms with Crippen molar-refractivity contribution < 1.29 is 19.1 Å². The SMILES string of the molecule is CC(C)C(=O)Nc1cccc(COc2cccc(CN(Cc3ccccc3)C(=O)OC(C)(C)C)c2)c1. The molecule has 0 saturated heterocycles. The van der Waals surface area contributed by atoms with Crippen molar-refractivity contribution in [3.8, 4) is 5.75 Å². The summed E-state index contributed by atoms with van der Waals surface area (Å²) in [5.74, 6) is 0.591. The lowest BCUT2D eigenvalue weighted by Gasteiger charge is -2.27. The Labute approximate surface area is 214 Å². The van der Waals surface area contributed by atoms with Crippen LogP contribution in [-0.4, -0.2) is 22.5 Å². The third kappa shape index (κ3) is 8.77. The van der Waals surface area contributed by atoms with E-state index in [0.29, 0.717) is 25.4 Å². The van der Waals surface area contributed by atoms with Gasteiger partial charge in [-0.15, -0.1) is 0 Å². The van der Waals surface area contributed by atoms with Gasteiger partial charge in [-0.2, -0.15) is 0 Å². The van der Waals surface area contributed by atoms with Crippen LogP contribution in [0.15, 0.2) is 78.9 Å². The average molecular weight is 489 g/mol. The zero-order valence-electron chi connectivity index (χ0n) is 21.8. The lowest BCUT2D eigenvalue weighted by molar-refractivity contribution is -0.118. The number of rotatable bonds is 9. The number of amides is 2. The number of carbonyl (C=O) groups is 2. The van der Waals surface area contributed by atoms with E-state index in [0.717, 1.165) is 22.4 Å². The second-order valence-electron chi connectivity index (χ2n) is 10.1. The molecule has 0 spiro atoms. The monoisotopic (exact) mass is 488 g/mol. The Bertz CT molecular complexity index is 1150. The van der Waals surface area contributed by atoms with Crippen molar-refractivity contribution in [2.75, 3.05) is 5.32 Å². The van der Waals surface area contributed by atoms with Gasteiger partial charge in [0.25, 0.3) is 0 Å². The van der Waals surface area contributed by atoms with Gasteiger partial charge >= 0.3 is 6.09 Å². The number of hydrogen-bond donors (Lipinski definition) is 1. The third-order valence-corrected chi connectivity index (χ3v) is 5.26. The zero-order valence-corrected chi connectivity index (χ0v) is 21.8. The van der Waals surface area contributed by atoms with Gasteiger partial charge in [0.15, 0.2) is 0 Å². The van der Waals surface area contributed by atoms with Crippen molar-refractivity contribution >= 4 is 17.7 Å². The van der Waals surface area contributed by atoms with Gasteiger partial charge in [-0.1, -0.05) is 68.4 Å². The van der Waals surface area contributed by atoms with Gasteiger partial charge in [0.1, 0.15) is 18.0 Å². The summed E-state index contributed by atoms with van der Waals surface area (Å²) in [7, 11) is 0. The van der Waals surface area contributed by atoms with Crippen LogP contribution in [0.3, 0.4) is 0 Å². The Kier molecular flexibility index (Phi) is 9.12. The number of hydrogen-bond acceptors (Lipinski definition) is 4. The topological polar surface area (TPSA) is 67.9 Å². The summed E-state index contributed by atoms with van der Waals surface area (Å²) in [5, 5.41) is 2.91. The first-order valence-corrected chi connectivity index (χ1v) is 12.2. The first-order valence-electron chi connectivity index (χ1n) is 12.2. The smallest absolute Gasteiger partial charge is 0.410 e. The molecule has 36 heavy (non-hydrogen) atoms. The van der Waals surface area contributed by atoms with Crippen molar-refractivity contribution in [1.29, 1.82) is 0 Å². The van der Waals surface area contributed by atoms with E-state index in [4.69, 9.17) is 9.47 Å². The minimum Gasteiger partial charge on any atom is -0.489 e. The van der Waals surface area contributed by atoms with E-state index in [-0.39, 0.29) is 17.9 Å². The van der Waals surface area contributed by atoms with Crippen molar-refractivity contribution in [2.24, 2.45) is 5.92 Å². The number of nitrogens with one attached hydrogen (secondary N) is 1. The maximum atomic E-state index is 13.0. The molecule has 3 aromatic rings. The molecule has 0 saturated carbocycles. The number of ether oxygens (including phenoxy) is 2. The van der Waals surface area contributed by atoms with Crippen molar-refractivity contribution in [3.63, 3.8) is 0 Å². The van der Waals surface area contributed by atoms with E-state index in [1.54, 1.807) is 4.90 Å². The Morgan fingerprint density at radius 1 is 0.833 bits per heavy atom. The molecule has 0 heterocycles. The molecule has 3 aromatic carbocycles. The Balaban J connectivity index is 1.68. The van der Waals surface area contributed by atoms with E-state index < -0.39 is 5.60 Å². The molecule has 0 unspecified atom stereocenters. The highest BCUT2D eigenvalue weighted by molar-refractivity contribution is 5.92. The summed E-state index contributed by atoms with van der Waals surface area (Å²) in [4.78, 5) is 26.6. The Hall–Kier alpha value is -3.80. The zero-order chi connectivity index (χ0) is 26.1. The fourth-order valence-electron chi connectivity index (χ4n) is 3.46. The second kappa shape index (κ2) is 12.2. The van der Waals surface area contributed by atoms with Crippen molar-refractivity contribution in [3.05, 3.63) is 95.6 Å². The number of carbonyl (C=O) groups excluding carboxylic acids is 2. The molecule has 0 aliphatic rings. The maximum Gasteiger partial charge on any atom is 0.410 e. The first kappa shape index (κ1) is 26.8. The van der Waals surface area contributed by atoms with Gasteiger partial charge in [-0.3, -0.25) is 9.69 Å². The summed E-state index contributed by atoms with van der Waals surface area (Å²) >= 11 is 0. The molecular weight excluding hydrogens is 452 g/mol. The fourth-order valence-corrected chi connectivity index (χ4v) is 3.46. The van der Waals surface area contributed by atoms with Crippen LogP contribution in [0.25, 0.3) is 0 Å². The summed E-state index contributed by atoms with van der Waals surface area (Å²) in [6.07, 6.45) is -0.363. The van der Waals surface area contributed by atoms with E-state index in [1.165, 1.54) is 0 Å². The minimum absolute atomic E-state index is 0.0224. The van der Waals surface area contributed by atoms with E-state index in [9.17, 15) is 9.59 Å². The summed E-state index contributed by atoms with van der Waals surface area (Å²) in [5.41, 5.74) is 3.08. The third-order valence-electron chi connectivity index (χ3n) is 5.26.